The molecule has 1 atom stereocenters. The van der Waals surface area contributed by atoms with Gasteiger partial charge in [-0.1, -0.05) is 0 Å². The molecule has 0 radical (unpaired) electrons. The van der Waals surface area contributed by atoms with E-state index in [1.807, 2.05) is 14.7 Å². The van der Waals surface area contributed by atoms with Crippen molar-refractivity contribution in [2.45, 2.75) is 70.4 Å². The van der Waals surface area contributed by atoms with Gasteiger partial charge >= 0.3 is 5.97 Å². The molecule has 0 saturated carbocycles. The third-order valence-corrected chi connectivity index (χ3v) is 11.6. The van der Waals surface area contributed by atoms with Crippen LogP contribution in [0.15, 0.2) is 36.7 Å². The van der Waals surface area contributed by atoms with Gasteiger partial charge < -0.3 is 19.8 Å². The molecule has 0 bridgehead atoms. The van der Waals surface area contributed by atoms with E-state index in [1.165, 1.54) is 23.7 Å². The van der Waals surface area contributed by atoms with Crippen LogP contribution in [0.3, 0.4) is 0 Å². The van der Waals surface area contributed by atoms with Crippen LogP contribution in [0.4, 0.5) is 34.9 Å². The number of halogens is 4. The number of rotatable bonds is 8. The zero-order valence-electron chi connectivity index (χ0n) is 30.8. The molecular formula is C38H44F4N10O3. The van der Waals surface area contributed by atoms with E-state index in [-0.39, 0.29) is 36.0 Å². The molecule has 7 heterocycles. The van der Waals surface area contributed by atoms with E-state index in [0.717, 1.165) is 18.4 Å². The van der Waals surface area contributed by atoms with Gasteiger partial charge in [0.1, 0.15) is 6.04 Å². The van der Waals surface area contributed by atoms with Crippen LogP contribution in [0.25, 0.3) is 11.1 Å². The van der Waals surface area contributed by atoms with E-state index in [4.69, 9.17) is 10.2 Å². The number of piperidine rings is 2. The standard InChI is InChI=1S/C38H44F4N10O3/c1-23(53)50-15-9-31-29(21-50)36(51-11-3-4-25-16-27(26-18-43-47(2)20-26)28(35(39)40)17-32(25)51)46-52(31)33-10-12-48(22-38(33,41)42)19-24-7-13-49(14-8-24)34-6-5-30(37(54)55)44-45-34/h5-6,16-18,20,24,33,35H,3-4,7-15,19,21-22H2,1-2H3,(H,54,55). The first-order valence-corrected chi connectivity index (χ1v) is 18.9. The van der Waals surface area contributed by atoms with Crippen molar-refractivity contribution in [1.29, 1.82) is 0 Å². The minimum Gasteiger partial charge on any atom is -0.476 e. The molecule has 2 fully saturated rings. The molecule has 2 saturated heterocycles. The maximum atomic E-state index is 16.4. The third kappa shape index (κ3) is 7.13. The summed E-state index contributed by atoms with van der Waals surface area (Å²) in [5.41, 5.74) is 3.56. The third-order valence-electron chi connectivity index (χ3n) is 11.6. The van der Waals surface area contributed by atoms with E-state index in [1.54, 1.807) is 41.2 Å². The van der Waals surface area contributed by atoms with E-state index in [9.17, 15) is 18.4 Å². The Morgan fingerprint density at radius 1 is 1.02 bits per heavy atom. The first-order valence-electron chi connectivity index (χ1n) is 18.9. The van der Waals surface area contributed by atoms with Gasteiger partial charge in [0.25, 0.3) is 12.3 Å². The van der Waals surface area contributed by atoms with Gasteiger partial charge in [-0.05, 0) is 73.4 Å². The molecule has 4 aliphatic heterocycles. The van der Waals surface area contributed by atoms with Crippen molar-refractivity contribution in [3.8, 4) is 11.1 Å². The number of likely N-dealkylation sites (tertiary alicyclic amines) is 1. The summed E-state index contributed by atoms with van der Waals surface area (Å²) in [5, 5.41) is 26.1. The number of nitrogens with zero attached hydrogens (tertiary/aromatic N) is 10. The number of carboxylic acid groups (broad SMARTS) is 1. The molecule has 8 rings (SSSR count). The summed E-state index contributed by atoms with van der Waals surface area (Å²) in [6, 6.07) is 5.18. The van der Waals surface area contributed by atoms with Gasteiger partial charge in [0.05, 0.1) is 19.3 Å². The molecule has 0 aliphatic carbocycles. The molecule has 55 heavy (non-hydrogen) atoms. The Morgan fingerprint density at radius 2 is 1.82 bits per heavy atom. The molecule has 1 unspecified atom stereocenters. The molecule has 17 heteroatoms. The number of carboxylic acids is 1. The monoisotopic (exact) mass is 764 g/mol. The van der Waals surface area contributed by atoms with Crippen molar-refractivity contribution in [2.75, 3.05) is 55.6 Å². The fourth-order valence-electron chi connectivity index (χ4n) is 8.80. The van der Waals surface area contributed by atoms with Crippen LogP contribution in [0.2, 0.25) is 0 Å². The van der Waals surface area contributed by atoms with Gasteiger partial charge in [-0.15, -0.1) is 10.2 Å². The van der Waals surface area contributed by atoms with Crippen LogP contribution < -0.4 is 9.80 Å². The average Bonchev–Trinajstić information content (AvgIpc) is 3.77. The van der Waals surface area contributed by atoms with Crippen LogP contribution in [0, 0.1) is 5.92 Å². The van der Waals surface area contributed by atoms with E-state index < -0.39 is 30.9 Å². The Bertz CT molecular complexity index is 2080. The summed E-state index contributed by atoms with van der Waals surface area (Å²) >= 11 is 0. The Kier molecular flexibility index (Phi) is 9.76. The highest BCUT2D eigenvalue weighted by Gasteiger charge is 2.48. The molecule has 1 amide bonds. The summed E-state index contributed by atoms with van der Waals surface area (Å²) in [6.07, 6.45) is 4.00. The lowest BCUT2D eigenvalue weighted by atomic mass is 9.92. The predicted octanol–water partition coefficient (Wildman–Crippen LogP) is 5.50. The van der Waals surface area contributed by atoms with E-state index in [0.29, 0.717) is 98.2 Å². The number of hydrogen-bond donors (Lipinski definition) is 1. The van der Waals surface area contributed by atoms with Crippen molar-refractivity contribution in [1.82, 2.24) is 39.6 Å². The second-order valence-electron chi connectivity index (χ2n) is 15.2. The first-order chi connectivity index (χ1) is 26.4. The highest BCUT2D eigenvalue weighted by Crippen LogP contribution is 2.45. The largest absolute Gasteiger partial charge is 0.476 e. The number of alkyl halides is 4. The number of aromatic nitrogens is 6. The predicted molar refractivity (Wildman–Crippen MR) is 195 cm³/mol. The quantitative estimate of drug-likeness (QED) is 0.230. The Labute approximate surface area is 315 Å². The molecule has 0 spiro atoms. The van der Waals surface area contributed by atoms with E-state index in [2.05, 4.69) is 15.3 Å². The highest BCUT2D eigenvalue weighted by atomic mass is 19.3. The summed E-state index contributed by atoms with van der Waals surface area (Å²) < 4.78 is 65.2. The minimum atomic E-state index is -3.10. The summed E-state index contributed by atoms with van der Waals surface area (Å²) in [4.78, 5) is 31.2. The van der Waals surface area contributed by atoms with E-state index >= 15 is 8.78 Å². The van der Waals surface area contributed by atoms with Gasteiger partial charge in [0.2, 0.25) is 5.91 Å². The Morgan fingerprint density at radius 3 is 2.47 bits per heavy atom. The number of anilines is 3. The average molecular weight is 765 g/mol. The van der Waals surface area contributed by atoms with Gasteiger partial charge in [-0.25, -0.2) is 22.4 Å². The van der Waals surface area contributed by atoms with Crippen molar-refractivity contribution in [3.63, 3.8) is 0 Å². The maximum Gasteiger partial charge on any atom is 0.356 e. The molecule has 292 valence electrons. The van der Waals surface area contributed by atoms with Crippen molar-refractivity contribution in [2.24, 2.45) is 13.0 Å². The topological polar surface area (TPSA) is 129 Å². The van der Waals surface area contributed by atoms with Crippen molar-refractivity contribution < 1.29 is 32.3 Å². The SMILES string of the molecule is CC(=O)N1CCc2c(c(N3CCCc4cc(-c5cnn(C)c5)c(C(F)F)cc43)nn2C2CCN(CC3CCN(c4ccc(C(=O)O)nn4)CC3)CC2(F)F)C1. The Balaban J connectivity index is 1.03. The number of carbonyl (C=O) groups excluding carboxylic acids is 1. The second-order valence-corrected chi connectivity index (χ2v) is 15.2. The maximum absolute atomic E-state index is 16.4. The molecule has 13 nitrogen and oxygen atoms in total. The lowest BCUT2D eigenvalue weighted by molar-refractivity contribution is -0.130. The smallest absolute Gasteiger partial charge is 0.356 e. The zero-order valence-corrected chi connectivity index (χ0v) is 30.8. The fraction of sp³-hybridized carbons (Fsp3) is 0.526. The molecule has 1 aromatic carbocycles. The van der Waals surface area contributed by atoms with Crippen molar-refractivity contribution >= 4 is 29.2 Å². The van der Waals surface area contributed by atoms with Crippen LogP contribution in [-0.4, -0.2) is 108 Å². The van der Waals surface area contributed by atoms with Crippen LogP contribution in [0.5, 0.6) is 0 Å². The number of aryl methyl sites for hydroxylation is 2. The van der Waals surface area contributed by atoms with Crippen LogP contribution in [0.1, 0.15) is 77.9 Å². The number of fused-ring (bicyclic) bond motifs is 2. The van der Waals surface area contributed by atoms with Gasteiger partial charge in [-0.2, -0.15) is 10.2 Å². The van der Waals surface area contributed by atoms with Gasteiger partial charge in [0, 0.05) is 93.9 Å². The number of aromatic carboxylic acids is 1. The lowest BCUT2D eigenvalue weighted by Crippen LogP contribution is -2.51. The first kappa shape index (κ1) is 36.9. The molecule has 1 N–H and O–H groups in total. The lowest BCUT2D eigenvalue weighted by Gasteiger charge is -2.41. The molecule has 4 aromatic rings. The van der Waals surface area contributed by atoms with Crippen molar-refractivity contribution in [3.05, 3.63) is 64.7 Å². The second kappa shape index (κ2) is 14.5. The minimum absolute atomic E-state index is 0.121. The number of hydrogen-bond acceptors (Lipinski definition) is 9. The number of amides is 1. The number of benzene rings is 1. The molecule has 3 aromatic heterocycles. The summed E-state index contributed by atoms with van der Waals surface area (Å²) in [7, 11) is 1.73. The van der Waals surface area contributed by atoms with Crippen LogP contribution in [-0.2, 0) is 31.2 Å². The molecule has 4 aliphatic rings. The molecular weight excluding hydrogens is 720 g/mol. The number of carbonyl (C=O) groups is 2. The van der Waals surface area contributed by atoms with Gasteiger partial charge in [0.15, 0.2) is 17.3 Å². The highest BCUT2D eigenvalue weighted by molar-refractivity contribution is 5.85. The fourth-order valence-corrected chi connectivity index (χ4v) is 8.80. The summed E-state index contributed by atoms with van der Waals surface area (Å²) in [6.45, 7) is 4.47. The normalized spacial score (nSPS) is 20.5. The zero-order chi connectivity index (χ0) is 38.6. The summed E-state index contributed by atoms with van der Waals surface area (Å²) in [5.74, 6) is -3.10. The Hall–Kier alpha value is -5.06. The van der Waals surface area contributed by atoms with Gasteiger partial charge in [-0.3, -0.25) is 19.1 Å². The van der Waals surface area contributed by atoms with Crippen LogP contribution >= 0.6 is 0 Å².